The molecule has 0 N–H and O–H groups in total. The predicted octanol–water partition coefficient (Wildman–Crippen LogP) is 5.77. The molecule has 8 heteroatoms. The van der Waals surface area contributed by atoms with Gasteiger partial charge in [0.15, 0.2) is 0 Å². The summed E-state index contributed by atoms with van der Waals surface area (Å²) in [6.45, 7) is 1.77. The molecule has 2 amide bonds. The summed E-state index contributed by atoms with van der Waals surface area (Å²) >= 11 is 0. The van der Waals surface area contributed by atoms with Crippen LogP contribution in [0.5, 0.6) is 5.75 Å². The van der Waals surface area contributed by atoms with Crippen LogP contribution in [0.1, 0.15) is 35.3 Å². The molecule has 0 fully saturated rings. The lowest BCUT2D eigenvalue weighted by atomic mass is 9.89. The van der Waals surface area contributed by atoms with Gasteiger partial charge in [-0.25, -0.2) is 0 Å². The zero-order valence-corrected chi connectivity index (χ0v) is 18.6. The molecule has 0 unspecified atom stereocenters. The van der Waals surface area contributed by atoms with Gasteiger partial charge in [0.1, 0.15) is 5.75 Å². The smallest absolute Gasteiger partial charge is 0.471 e. The van der Waals surface area contributed by atoms with E-state index in [0.717, 1.165) is 4.90 Å². The van der Waals surface area contributed by atoms with Crippen LogP contribution in [-0.4, -0.2) is 31.1 Å². The number of hydrogen-bond acceptors (Lipinski definition) is 3. The molecule has 176 valence electrons. The molecule has 0 saturated heterocycles. The Morgan fingerprint density at radius 1 is 0.971 bits per heavy atom. The third-order valence-corrected chi connectivity index (χ3v) is 5.90. The van der Waals surface area contributed by atoms with Crippen LogP contribution in [0.15, 0.2) is 78.9 Å². The minimum absolute atomic E-state index is 0.128. The van der Waals surface area contributed by atoms with Crippen molar-refractivity contribution in [1.82, 2.24) is 0 Å². The van der Waals surface area contributed by atoms with E-state index >= 15 is 0 Å². The fourth-order valence-corrected chi connectivity index (χ4v) is 4.39. The van der Waals surface area contributed by atoms with Crippen LogP contribution in [0, 0.1) is 0 Å². The number of carbonyl (C=O) groups is 2. The van der Waals surface area contributed by atoms with E-state index in [-0.39, 0.29) is 18.0 Å². The van der Waals surface area contributed by atoms with E-state index in [1.807, 2.05) is 0 Å². The van der Waals surface area contributed by atoms with Crippen LogP contribution < -0.4 is 14.5 Å². The number of benzene rings is 3. The van der Waals surface area contributed by atoms with Gasteiger partial charge < -0.3 is 9.64 Å². The zero-order valence-electron chi connectivity index (χ0n) is 18.6. The zero-order chi connectivity index (χ0) is 24.5. The lowest BCUT2D eigenvalue weighted by Gasteiger charge is -2.43. The van der Waals surface area contributed by atoms with Crippen molar-refractivity contribution in [3.63, 3.8) is 0 Å². The van der Waals surface area contributed by atoms with Crippen molar-refractivity contribution in [2.24, 2.45) is 0 Å². The molecule has 1 aliphatic rings. The van der Waals surface area contributed by atoms with Crippen molar-refractivity contribution in [1.29, 1.82) is 0 Å². The van der Waals surface area contributed by atoms with Crippen molar-refractivity contribution in [3.05, 3.63) is 90.0 Å². The van der Waals surface area contributed by atoms with Crippen molar-refractivity contribution < 1.29 is 27.5 Å². The molecule has 0 spiro atoms. The Balaban J connectivity index is 1.81. The fourth-order valence-electron chi connectivity index (χ4n) is 4.39. The van der Waals surface area contributed by atoms with E-state index in [4.69, 9.17) is 4.74 Å². The molecule has 3 aromatic rings. The number of para-hydroxylation sites is 2. The summed E-state index contributed by atoms with van der Waals surface area (Å²) in [4.78, 5) is 28.5. The number of carbonyl (C=O) groups excluding carboxylic acids is 2. The summed E-state index contributed by atoms with van der Waals surface area (Å²) in [6.07, 6.45) is -4.93. The Hall–Kier alpha value is -3.81. The average molecular weight is 468 g/mol. The van der Waals surface area contributed by atoms with Gasteiger partial charge in [-0.3, -0.25) is 14.5 Å². The molecule has 0 aromatic heterocycles. The average Bonchev–Trinajstić information content (AvgIpc) is 2.84. The minimum atomic E-state index is -5.05. The molecule has 1 aliphatic heterocycles. The highest BCUT2D eigenvalue weighted by Crippen LogP contribution is 2.44. The summed E-state index contributed by atoms with van der Waals surface area (Å²) in [5.41, 5.74) is 1.48. The molecule has 2 atom stereocenters. The maximum absolute atomic E-state index is 13.6. The van der Waals surface area contributed by atoms with Gasteiger partial charge in [-0.05, 0) is 55.3 Å². The second-order valence-corrected chi connectivity index (χ2v) is 8.07. The van der Waals surface area contributed by atoms with Gasteiger partial charge >= 0.3 is 12.1 Å². The van der Waals surface area contributed by atoms with Gasteiger partial charge in [0.05, 0.1) is 13.2 Å². The summed E-state index contributed by atoms with van der Waals surface area (Å²) < 4.78 is 46.2. The van der Waals surface area contributed by atoms with Crippen molar-refractivity contribution in [3.8, 4) is 5.75 Å². The number of anilines is 2. The Morgan fingerprint density at radius 2 is 1.65 bits per heavy atom. The summed E-state index contributed by atoms with van der Waals surface area (Å²) in [5, 5.41) is 0. The maximum atomic E-state index is 13.6. The van der Waals surface area contributed by atoms with E-state index in [9.17, 15) is 22.8 Å². The number of amides is 2. The third kappa shape index (κ3) is 4.35. The van der Waals surface area contributed by atoms with Gasteiger partial charge in [-0.15, -0.1) is 0 Å². The van der Waals surface area contributed by atoms with Crippen molar-refractivity contribution in [2.75, 3.05) is 16.9 Å². The molecular formula is C26H23F3N2O3. The first-order valence-corrected chi connectivity index (χ1v) is 10.7. The first kappa shape index (κ1) is 23.4. The lowest BCUT2D eigenvalue weighted by Crippen LogP contribution is -2.50. The number of nitrogens with zero attached hydrogens (tertiary/aromatic N) is 2. The highest BCUT2D eigenvalue weighted by molar-refractivity contribution is 6.08. The molecule has 3 aromatic carbocycles. The summed E-state index contributed by atoms with van der Waals surface area (Å²) in [7, 11) is 1.50. The first-order chi connectivity index (χ1) is 16.2. The van der Waals surface area contributed by atoms with Gasteiger partial charge in [-0.1, -0.05) is 42.5 Å². The Bertz CT molecular complexity index is 1200. The highest BCUT2D eigenvalue weighted by atomic mass is 19.4. The molecular weight excluding hydrogens is 445 g/mol. The van der Waals surface area contributed by atoms with Crippen LogP contribution in [0.25, 0.3) is 0 Å². The van der Waals surface area contributed by atoms with E-state index in [0.29, 0.717) is 22.6 Å². The highest BCUT2D eigenvalue weighted by Gasteiger charge is 2.48. The SMILES string of the molecule is COc1cccc(C(=O)N2c3ccccc3[C@H](N(C(=O)C(F)(F)F)c3ccccc3)C[C@H]2C)c1. The lowest BCUT2D eigenvalue weighted by molar-refractivity contribution is -0.171. The van der Waals surface area contributed by atoms with Crippen LogP contribution in [0.4, 0.5) is 24.5 Å². The minimum Gasteiger partial charge on any atom is -0.497 e. The number of rotatable bonds is 4. The second-order valence-electron chi connectivity index (χ2n) is 8.07. The van der Waals surface area contributed by atoms with Crippen LogP contribution >= 0.6 is 0 Å². The summed E-state index contributed by atoms with van der Waals surface area (Å²) in [5.74, 6) is -1.73. The Kier molecular flexibility index (Phi) is 6.32. The Labute approximate surface area is 195 Å². The topological polar surface area (TPSA) is 49.9 Å². The van der Waals surface area contributed by atoms with Crippen LogP contribution in [0.2, 0.25) is 0 Å². The number of methoxy groups -OCH3 is 1. The fraction of sp³-hybridized carbons (Fsp3) is 0.231. The number of alkyl halides is 3. The van der Waals surface area contributed by atoms with Crippen LogP contribution in [0.3, 0.4) is 0 Å². The largest absolute Gasteiger partial charge is 0.497 e. The molecule has 34 heavy (non-hydrogen) atoms. The first-order valence-electron chi connectivity index (χ1n) is 10.7. The van der Waals surface area contributed by atoms with Gasteiger partial charge in [0, 0.05) is 23.0 Å². The van der Waals surface area contributed by atoms with E-state index in [1.165, 1.54) is 19.2 Å². The summed E-state index contributed by atoms with van der Waals surface area (Å²) in [6, 6.07) is 19.9. The number of hydrogen-bond donors (Lipinski definition) is 0. The Morgan fingerprint density at radius 3 is 2.32 bits per heavy atom. The van der Waals surface area contributed by atoms with E-state index < -0.39 is 24.2 Å². The number of halogens is 3. The van der Waals surface area contributed by atoms with E-state index in [1.54, 1.807) is 78.6 Å². The molecule has 4 rings (SSSR count). The second kappa shape index (κ2) is 9.21. The van der Waals surface area contributed by atoms with Crippen molar-refractivity contribution >= 4 is 23.2 Å². The van der Waals surface area contributed by atoms with Gasteiger partial charge in [-0.2, -0.15) is 13.2 Å². The molecule has 0 radical (unpaired) electrons. The standard InChI is InChI=1S/C26H23F3N2O3/c1-17-15-23(31(25(33)26(27,28)29)19-10-4-3-5-11-19)21-13-6-7-14-22(21)30(17)24(32)18-9-8-12-20(16-18)34-2/h3-14,16-17,23H,15H2,1-2H3/t17-,23-/m1/s1. The predicted molar refractivity (Wildman–Crippen MR) is 123 cm³/mol. The normalized spacial score (nSPS) is 17.6. The molecule has 1 heterocycles. The van der Waals surface area contributed by atoms with Gasteiger partial charge in [0.2, 0.25) is 0 Å². The third-order valence-electron chi connectivity index (χ3n) is 5.90. The quantitative estimate of drug-likeness (QED) is 0.489. The monoisotopic (exact) mass is 468 g/mol. The maximum Gasteiger partial charge on any atom is 0.471 e. The molecule has 0 aliphatic carbocycles. The van der Waals surface area contributed by atoms with E-state index in [2.05, 4.69) is 0 Å². The molecule has 0 saturated carbocycles. The van der Waals surface area contributed by atoms with Crippen molar-refractivity contribution in [2.45, 2.75) is 31.6 Å². The number of fused-ring (bicyclic) bond motifs is 1. The van der Waals surface area contributed by atoms with Gasteiger partial charge in [0.25, 0.3) is 5.91 Å². The molecule has 0 bridgehead atoms. The van der Waals surface area contributed by atoms with Crippen LogP contribution in [-0.2, 0) is 4.79 Å². The number of ether oxygens (including phenoxy) is 1. The molecule has 5 nitrogen and oxygen atoms in total.